The minimum atomic E-state index is -2.57. The molecule has 0 bridgehead atoms. The Kier molecular flexibility index (Phi) is 3.56. The smallest absolute Gasteiger partial charge is 0.253 e. The van der Waals surface area contributed by atoms with E-state index in [2.05, 4.69) is 20.1 Å². The molecule has 2 fully saturated rings. The molecule has 1 aliphatic heterocycles. The van der Waals surface area contributed by atoms with E-state index in [0.29, 0.717) is 41.0 Å². The van der Waals surface area contributed by atoms with Crippen molar-refractivity contribution in [1.29, 1.82) is 0 Å². The van der Waals surface area contributed by atoms with Crippen LogP contribution < -0.4 is 0 Å². The highest BCUT2D eigenvalue weighted by molar-refractivity contribution is 5.98. The first-order chi connectivity index (χ1) is 14.8. The molecule has 1 saturated carbocycles. The predicted molar refractivity (Wildman–Crippen MR) is 110 cm³/mol. The summed E-state index contributed by atoms with van der Waals surface area (Å²) in [5.74, 6) is -2.73. The molecule has 156 valence electrons. The first-order valence-corrected chi connectivity index (χ1v) is 10.0. The van der Waals surface area contributed by atoms with Gasteiger partial charge < -0.3 is 4.90 Å². The standard InChI is InChI=1S/C22H18F2N6O/c1-29-8-15-4-14(6-26-19(15)28-29)18-7-25-16-3-2-13(5-17(16)27-18)20(31)30-11-21(12-30)9-22(23,24)10-21/h2-8H,9-12H2,1H3. The Balaban J connectivity index is 1.28. The van der Waals surface area contributed by atoms with Gasteiger partial charge in [0, 0.05) is 67.3 Å². The lowest BCUT2D eigenvalue weighted by molar-refractivity contribution is -0.203. The van der Waals surface area contributed by atoms with Crippen LogP contribution in [0.2, 0.25) is 0 Å². The van der Waals surface area contributed by atoms with Crippen LogP contribution in [0.25, 0.3) is 33.3 Å². The predicted octanol–water partition coefficient (Wildman–Crippen LogP) is 3.45. The van der Waals surface area contributed by atoms with Gasteiger partial charge in [-0.05, 0) is 24.3 Å². The summed E-state index contributed by atoms with van der Waals surface area (Å²) < 4.78 is 28.1. The minimum Gasteiger partial charge on any atom is -0.337 e. The van der Waals surface area contributed by atoms with E-state index in [1.165, 1.54) is 0 Å². The lowest BCUT2D eigenvalue weighted by Gasteiger charge is -2.58. The molecule has 1 spiro atoms. The summed E-state index contributed by atoms with van der Waals surface area (Å²) in [7, 11) is 1.84. The summed E-state index contributed by atoms with van der Waals surface area (Å²) in [6.45, 7) is 0.782. The topological polar surface area (TPSA) is 76.8 Å². The van der Waals surface area contributed by atoms with Crippen molar-refractivity contribution < 1.29 is 13.6 Å². The van der Waals surface area contributed by atoms with Gasteiger partial charge >= 0.3 is 0 Å². The summed E-state index contributed by atoms with van der Waals surface area (Å²) in [6.07, 6.45) is 5.03. The van der Waals surface area contributed by atoms with Crippen molar-refractivity contribution in [2.24, 2.45) is 12.5 Å². The number of likely N-dealkylation sites (tertiary alicyclic amines) is 1. The third-order valence-corrected chi connectivity index (χ3v) is 6.17. The highest BCUT2D eigenvalue weighted by atomic mass is 19.3. The van der Waals surface area contributed by atoms with Crippen molar-refractivity contribution in [3.8, 4) is 11.3 Å². The molecule has 1 amide bonds. The van der Waals surface area contributed by atoms with E-state index in [-0.39, 0.29) is 24.2 Å². The van der Waals surface area contributed by atoms with E-state index < -0.39 is 5.92 Å². The van der Waals surface area contributed by atoms with E-state index >= 15 is 0 Å². The molecule has 31 heavy (non-hydrogen) atoms. The van der Waals surface area contributed by atoms with E-state index in [0.717, 1.165) is 10.9 Å². The van der Waals surface area contributed by atoms with Gasteiger partial charge in [0.15, 0.2) is 5.65 Å². The Morgan fingerprint density at radius 2 is 1.87 bits per heavy atom. The van der Waals surface area contributed by atoms with Crippen molar-refractivity contribution in [2.45, 2.75) is 18.8 Å². The van der Waals surface area contributed by atoms with E-state index in [9.17, 15) is 13.6 Å². The molecular formula is C22H18F2N6O. The Bertz CT molecular complexity index is 1370. The number of alkyl halides is 2. The van der Waals surface area contributed by atoms with Crippen LogP contribution in [0.1, 0.15) is 23.2 Å². The van der Waals surface area contributed by atoms with Crippen LogP contribution in [0, 0.1) is 5.41 Å². The molecular weight excluding hydrogens is 402 g/mol. The molecule has 9 heteroatoms. The first-order valence-electron chi connectivity index (χ1n) is 10.0. The van der Waals surface area contributed by atoms with Gasteiger partial charge in [0.05, 0.1) is 22.9 Å². The second-order valence-corrected chi connectivity index (χ2v) is 8.77. The normalized spacial score (nSPS) is 18.9. The zero-order valence-electron chi connectivity index (χ0n) is 16.7. The van der Waals surface area contributed by atoms with E-state index in [1.54, 1.807) is 40.2 Å². The van der Waals surface area contributed by atoms with Crippen molar-refractivity contribution in [3.63, 3.8) is 0 Å². The maximum absolute atomic E-state index is 13.2. The first kappa shape index (κ1) is 18.3. The van der Waals surface area contributed by atoms with Crippen LogP contribution in [0.3, 0.4) is 0 Å². The number of rotatable bonds is 2. The van der Waals surface area contributed by atoms with Crippen molar-refractivity contribution >= 4 is 28.0 Å². The van der Waals surface area contributed by atoms with Gasteiger partial charge in [-0.2, -0.15) is 5.10 Å². The summed E-state index contributed by atoms with van der Waals surface area (Å²) >= 11 is 0. The Hall–Kier alpha value is -3.49. The largest absolute Gasteiger partial charge is 0.337 e. The molecule has 4 heterocycles. The number of hydrogen-bond acceptors (Lipinski definition) is 5. The molecule has 7 nitrogen and oxygen atoms in total. The van der Waals surface area contributed by atoms with Crippen LogP contribution in [-0.2, 0) is 7.05 Å². The van der Waals surface area contributed by atoms with Gasteiger partial charge in [0.2, 0.25) is 5.92 Å². The summed E-state index contributed by atoms with van der Waals surface area (Å²) in [6, 6.07) is 7.14. The highest BCUT2D eigenvalue weighted by Crippen LogP contribution is 2.56. The number of amides is 1. The number of aryl methyl sites for hydroxylation is 1. The van der Waals surface area contributed by atoms with Crippen LogP contribution in [0.5, 0.6) is 0 Å². The van der Waals surface area contributed by atoms with Crippen molar-refractivity contribution in [3.05, 3.63) is 48.4 Å². The number of carbonyl (C=O) groups is 1. The van der Waals surface area contributed by atoms with Crippen LogP contribution in [0.4, 0.5) is 8.78 Å². The van der Waals surface area contributed by atoms with Crippen molar-refractivity contribution in [1.82, 2.24) is 29.6 Å². The highest BCUT2D eigenvalue weighted by Gasteiger charge is 2.62. The molecule has 0 radical (unpaired) electrons. The maximum Gasteiger partial charge on any atom is 0.253 e. The molecule has 0 atom stereocenters. The molecule has 2 aliphatic rings. The molecule has 6 rings (SSSR count). The molecule has 1 aromatic carbocycles. The number of pyridine rings is 1. The zero-order valence-corrected chi connectivity index (χ0v) is 16.7. The van der Waals surface area contributed by atoms with Crippen LogP contribution >= 0.6 is 0 Å². The number of aromatic nitrogens is 5. The Morgan fingerprint density at radius 3 is 2.65 bits per heavy atom. The van der Waals surface area contributed by atoms with Crippen LogP contribution in [0.15, 0.2) is 42.9 Å². The number of benzene rings is 1. The van der Waals surface area contributed by atoms with Crippen molar-refractivity contribution in [2.75, 3.05) is 13.1 Å². The van der Waals surface area contributed by atoms with Gasteiger partial charge in [0.1, 0.15) is 0 Å². The van der Waals surface area contributed by atoms with E-state index in [1.807, 2.05) is 19.3 Å². The molecule has 3 aromatic heterocycles. The maximum atomic E-state index is 13.2. The third kappa shape index (κ3) is 2.95. The number of halogens is 2. The Morgan fingerprint density at radius 1 is 1.06 bits per heavy atom. The van der Waals surface area contributed by atoms with E-state index in [4.69, 9.17) is 0 Å². The molecule has 0 unspecified atom stereocenters. The molecule has 1 aliphatic carbocycles. The molecule has 0 N–H and O–H groups in total. The monoisotopic (exact) mass is 420 g/mol. The number of hydrogen-bond donors (Lipinski definition) is 0. The average Bonchev–Trinajstić information content (AvgIpc) is 3.07. The quantitative estimate of drug-likeness (QED) is 0.497. The minimum absolute atomic E-state index is 0.119. The fraction of sp³-hybridized carbons (Fsp3) is 0.318. The number of carbonyl (C=O) groups excluding carboxylic acids is 1. The van der Waals surface area contributed by atoms with Gasteiger partial charge in [-0.3, -0.25) is 14.5 Å². The third-order valence-electron chi connectivity index (χ3n) is 6.17. The summed E-state index contributed by atoms with van der Waals surface area (Å²) in [5, 5.41) is 5.18. The molecule has 4 aromatic rings. The average molecular weight is 420 g/mol. The lowest BCUT2D eigenvalue weighted by atomic mass is 9.61. The summed E-state index contributed by atoms with van der Waals surface area (Å²) in [4.78, 5) is 28.0. The fourth-order valence-corrected chi connectivity index (χ4v) is 4.82. The molecule has 1 saturated heterocycles. The fourth-order valence-electron chi connectivity index (χ4n) is 4.82. The zero-order chi connectivity index (χ0) is 21.4. The number of nitrogens with zero attached hydrogens (tertiary/aromatic N) is 6. The van der Waals surface area contributed by atoms with Gasteiger partial charge in [0.25, 0.3) is 5.91 Å². The van der Waals surface area contributed by atoms with Gasteiger partial charge in [-0.15, -0.1) is 0 Å². The van der Waals surface area contributed by atoms with Crippen LogP contribution in [-0.4, -0.2) is 54.6 Å². The SMILES string of the molecule is Cn1cc2cc(-c3cnc4ccc(C(=O)N5CC6(C5)CC(F)(F)C6)cc4n3)cnc2n1. The van der Waals surface area contributed by atoms with Gasteiger partial charge in [-0.25, -0.2) is 18.7 Å². The Labute approximate surface area is 175 Å². The second-order valence-electron chi connectivity index (χ2n) is 8.77. The summed E-state index contributed by atoms with van der Waals surface area (Å²) in [5.41, 5.74) is 3.48. The lowest BCUT2D eigenvalue weighted by Crippen LogP contribution is -2.66. The van der Waals surface area contributed by atoms with Gasteiger partial charge in [-0.1, -0.05) is 0 Å². The number of fused-ring (bicyclic) bond motifs is 2. The second kappa shape index (κ2) is 6.03.